The van der Waals surface area contributed by atoms with Crippen LogP contribution in [0.3, 0.4) is 0 Å². The fourth-order valence-corrected chi connectivity index (χ4v) is 3.22. The molecule has 0 bridgehead atoms. The third-order valence-electron chi connectivity index (χ3n) is 3.23. The van der Waals surface area contributed by atoms with Crippen molar-refractivity contribution in [2.75, 3.05) is 37.7 Å². The Balaban J connectivity index is 1.70. The Kier molecular flexibility index (Phi) is 4.79. The largest absolute Gasteiger partial charge is 0.311 e. The van der Waals surface area contributed by atoms with Gasteiger partial charge in [-0.05, 0) is 31.7 Å². The van der Waals surface area contributed by atoms with E-state index in [-0.39, 0.29) is 0 Å². The maximum atomic E-state index is 3.64. The summed E-state index contributed by atoms with van der Waals surface area (Å²) in [5.41, 5.74) is 0. The smallest absolute Gasteiger partial charge is 0.0285 e. The molecule has 0 aromatic carbocycles. The van der Waals surface area contributed by atoms with Gasteiger partial charge >= 0.3 is 0 Å². The molecule has 1 saturated heterocycles. The molecule has 15 heavy (non-hydrogen) atoms. The molecule has 3 heteroatoms. The average Bonchev–Trinajstić information content (AvgIpc) is 3.03. The molecule has 1 aliphatic carbocycles. The lowest BCUT2D eigenvalue weighted by molar-refractivity contribution is 0.240. The summed E-state index contributed by atoms with van der Waals surface area (Å²) >= 11 is 2.11. The molecule has 1 unspecified atom stereocenters. The summed E-state index contributed by atoms with van der Waals surface area (Å²) in [6.07, 6.45) is 4.26. The molecular formula is C12H24N2S. The van der Waals surface area contributed by atoms with Crippen molar-refractivity contribution in [3.8, 4) is 0 Å². The van der Waals surface area contributed by atoms with Crippen molar-refractivity contribution in [2.45, 2.75) is 32.2 Å². The second kappa shape index (κ2) is 6.12. The quantitative estimate of drug-likeness (QED) is 0.746. The summed E-state index contributed by atoms with van der Waals surface area (Å²) in [4.78, 5) is 2.68. The number of thioether (sulfide) groups is 1. The number of nitrogens with one attached hydrogen (secondary N) is 1. The Morgan fingerprint density at radius 3 is 2.80 bits per heavy atom. The molecule has 2 nitrogen and oxygen atoms in total. The molecule has 88 valence electrons. The number of nitrogens with zero attached hydrogens (tertiary/aromatic N) is 1. The van der Waals surface area contributed by atoms with Gasteiger partial charge in [0.1, 0.15) is 0 Å². The van der Waals surface area contributed by atoms with E-state index in [1.165, 1.54) is 56.9 Å². The molecule has 2 aliphatic rings. The highest BCUT2D eigenvalue weighted by Gasteiger charge is 2.25. The minimum Gasteiger partial charge on any atom is -0.311 e. The van der Waals surface area contributed by atoms with E-state index in [2.05, 4.69) is 28.9 Å². The van der Waals surface area contributed by atoms with E-state index in [4.69, 9.17) is 0 Å². The molecule has 2 rings (SSSR count). The van der Waals surface area contributed by atoms with Crippen LogP contribution >= 0.6 is 11.8 Å². The molecule has 1 atom stereocenters. The molecule has 0 aromatic rings. The average molecular weight is 228 g/mol. The zero-order valence-corrected chi connectivity index (χ0v) is 10.7. The lowest BCUT2D eigenvalue weighted by Gasteiger charge is -2.30. The molecule has 1 N–H and O–H groups in total. The first-order valence-corrected chi connectivity index (χ1v) is 7.57. The van der Waals surface area contributed by atoms with Gasteiger partial charge in [-0.25, -0.2) is 0 Å². The van der Waals surface area contributed by atoms with Crippen LogP contribution in [0.4, 0.5) is 0 Å². The molecule has 0 spiro atoms. The van der Waals surface area contributed by atoms with Crippen LogP contribution in [0.5, 0.6) is 0 Å². The van der Waals surface area contributed by atoms with Gasteiger partial charge < -0.3 is 10.2 Å². The third-order valence-corrected chi connectivity index (χ3v) is 4.36. The first kappa shape index (κ1) is 11.7. The molecule has 2 fully saturated rings. The summed E-state index contributed by atoms with van der Waals surface area (Å²) in [5, 5.41) is 3.64. The zero-order valence-electron chi connectivity index (χ0n) is 9.87. The second-order valence-electron chi connectivity index (χ2n) is 4.93. The van der Waals surface area contributed by atoms with E-state index >= 15 is 0 Å². The summed E-state index contributed by atoms with van der Waals surface area (Å²) in [6, 6.07) is 0.744. The van der Waals surface area contributed by atoms with E-state index in [1.807, 2.05) is 0 Å². The molecule has 1 saturated carbocycles. The van der Waals surface area contributed by atoms with Crippen molar-refractivity contribution in [2.24, 2.45) is 5.92 Å². The van der Waals surface area contributed by atoms with Gasteiger partial charge in [-0.2, -0.15) is 11.8 Å². The van der Waals surface area contributed by atoms with Crippen molar-refractivity contribution in [1.82, 2.24) is 10.2 Å². The first-order valence-electron chi connectivity index (χ1n) is 6.42. The predicted molar refractivity (Wildman–Crippen MR) is 68.6 cm³/mol. The van der Waals surface area contributed by atoms with Crippen LogP contribution in [0.15, 0.2) is 0 Å². The standard InChI is InChI=1S/C12H24N2S/c1-2-6-14(8-11-3-4-11)9-12-10-15-7-5-13-12/h11-13H,2-10H2,1H3. The van der Waals surface area contributed by atoms with E-state index < -0.39 is 0 Å². The second-order valence-corrected chi connectivity index (χ2v) is 6.08. The van der Waals surface area contributed by atoms with Gasteiger partial charge in [-0.15, -0.1) is 0 Å². The van der Waals surface area contributed by atoms with Crippen molar-refractivity contribution >= 4 is 11.8 Å². The van der Waals surface area contributed by atoms with Crippen LogP contribution in [0.25, 0.3) is 0 Å². The van der Waals surface area contributed by atoms with E-state index in [1.54, 1.807) is 0 Å². The van der Waals surface area contributed by atoms with Gasteiger partial charge in [0, 0.05) is 37.2 Å². The predicted octanol–water partition coefficient (Wildman–Crippen LogP) is 1.81. The summed E-state index contributed by atoms with van der Waals surface area (Å²) in [7, 11) is 0. The molecule has 1 aliphatic heterocycles. The van der Waals surface area contributed by atoms with Gasteiger partial charge in [-0.1, -0.05) is 6.92 Å². The molecule has 0 radical (unpaired) electrons. The number of hydrogen-bond acceptors (Lipinski definition) is 3. The van der Waals surface area contributed by atoms with Gasteiger partial charge in [0.15, 0.2) is 0 Å². The summed E-state index contributed by atoms with van der Waals surface area (Å²) in [5.74, 6) is 3.64. The lowest BCUT2D eigenvalue weighted by atomic mass is 10.2. The maximum Gasteiger partial charge on any atom is 0.0285 e. The molecule has 0 amide bonds. The van der Waals surface area contributed by atoms with E-state index in [9.17, 15) is 0 Å². The minimum absolute atomic E-state index is 0.744. The Labute approximate surface area is 98.2 Å². The maximum absolute atomic E-state index is 3.64. The van der Waals surface area contributed by atoms with E-state index in [0.29, 0.717) is 0 Å². The van der Waals surface area contributed by atoms with Gasteiger partial charge in [-0.3, -0.25) is 0 Å². The fraction of sp³-hybridized carbons (Fsp3) is 1.00. The van der Waals surface area contributed by atoms with Crippen molar-refractivity contribution in [1.29, 1.82) is 0 Å². The van der Waals surface area contributed by atoms with Gasteiger partial charge in [0.2, 0.25) is 0 Å². The van der Waals surface area contributed by atoms with Crippen molar-refractivity contribution in [3.05, 3.63) is 0 Å². The number of hydrogen-bond donors (Lipinski definition) is 1. The van der Waals surface area contributed by atoms with Gasteiger partial charge in [0.25, 0.3) is 0 Å². The topological polar surface area (TPSA) is 15.3 Å². The summed E-state index contributed by atoms with van der Waals surface area (Å²) < 4.78 is 0. The Morgan fingerprint density at radius 2 is 2.20 bits per heavy atom. The van der Waals surface area contributed by atoms with E-state index in [0.717, 1.165) is 12.0 Å². The molecule has 0 aromatic heterocycles. The SMILES string of the molecule is CCCN(CC1CC1)CC1CSCCN1. The Hall–Kier alpha value is 0.270. The fourth-order valence-electron chi connectivity index (χ4n) is 2.29. The van der Waals surface area contributed by atoms with Crippen molar-refractivity contribution in [3.63, 3.8) is 0 Å². The lowest BCUT2D eigenvalue weighted by Crippen LogP contribution is -2.46. The van der Waals surface area contributed by atoms with Gasteiger partial charge in [0.05, 0.1) is 0 Å². The van der Waals surface area contributed by atoms with Crippen LogP contribution in [0.2, 0.25) is 0 Å². The first-order chi connectivity index (χ1) is 7.38. The number of rotatable bonds is 6. The highest BCUT2D eigenvalue weighted by molar-refractivity contribution is 7.99. The Bertz CT molecular complexity index is 176. The van der Waals surface area contributed by atoms with Crippen LogP contribution in [0.1, 0.15) is 26.2 Å². The highest BCUT2D eigenvalue weighted by Crippen LogP contribution is 2.29. The zero-order chi connectivity index (χ0) is 10.5. The van der Waals surface area contributed by atoms with Crippen molar-refractivity contribution < 1.29 is 0 Å². The van der Waals surface area contributed by atoms with Crippen LogP contribution < -0.4 is 5.32 Å². The van der Waals surface area contributed by atoms with Crippen LogP contribution in [0, 0.1) is 5.92 Å². The Morgan fingerprint density at radius 1 is 1.33 bits per heavy atom. The summed E-state index contributed by atoms with van der Waals surface area (Å²) in [6.45, 7) is 7.43. The minimum atomic E-state index is 0.744. The molecule has 1 heterocycles. The monoisotopic (exact) mass is 228 g/mol. The molecular weight excluding hydrogens is 204 g/mol. The van der Waals surface area contributed by atoms with Crippen LogP contribution in [-0.4, -0.2) is 48.6 Å². The normalized spacial score (nSPS) is 27.2. The third kappa shape index (κ3) is 4.33. The highest BCUT2D eigenvalue weighted by atomic mass is 32.2. The van der Waals surface area contributed by atoms with Crippen LogP contribution in [-0.2, 0) is 0 Å².